The molecule has 1 heterocycles. The Morgan fingerprint density at radius 3 is 2.08 bits per heavy atom. The van der Waals surface area contributed by atoms with Crippen LogP contribution < -0.4 is 0 Å². The molecule has 13 heavy (non-hydrogen) atoms. The van der Waals surface area contributed by atoms with E-state index < -0.39 is 20.7 Å². The first kappa shape index (κ1) is 8.96. The summed E-state index contributed by atoms with van der Waals surface area (Å²) in [6.07, 6.45) is 1.37. The van der Waals surface area contributed by atoms with Gasteiger partial charge in [0.25, 0.3) is 0 Å². The highest BCUT2D eigenvalue weighted by Gasteiger charge is 2.63. The fraction of sp³-hybridized carbons (Fsp3) is 0.857. The van der Waals surface area contributed by atoms with Gasteiger partial charge in [-0.05, 0) is 19.3 Å². The Bertz CT molecular complexity index is 340. The Balaban J connectivity index is 2.28. The van der Waals surface area contributed by atoms with Crippen LogP contribution in [0.25, 0.3) is 0 Å². The molecule has 2 aliphatic rings. The third-order valence-electron chi connectivity index (χ3n) is 2.74. The van der Waals surface area contributed by atoms with Crippen LogP contribution in [0.3, 0.4) is 0 Å². The summed E-state index contributed by atoms with van der Waals surface area (Å²) in [6, 6.07) is 0. The zero-order valence-corrected chi connectivity index (χ0v) is 7.88. The van der Waals surface area contributed by atoms with Gasteiger partial charge in [-0.15, -0.1) is 0 Å². The number of nitrogens with zero attached hydrogens (tertiary/aromatic N) is 1. The Hall–Kier alpha value is -0.620. The maximum absolute atomic E-state index is 11.7. The number of rotatable bonds is 3. The molecule has 0 atom stereocenters. The monoisotopic (exact) mass is 205 g/mol. The van der Waals surface area contributed by atoms with Crippen LogP contribution in [0, 0.1) is 0 Å². The first-order valence-electron chi connectivity index (χ1n) is 4.24. The third-order valence-corrected chi connectivity index (χ3v) is 5.36. The first-order chi connectivity index (χ1) is 6.01. The standard InChI is InChI=1S/C7H11NO4S/c9-6(10)7(2-3-7)13(11,12)8-4-1-5-8/h1-5H2,(H,9,10). The van der Waals surface area contributed by atoms with Crippen LogP contribution in [0.2, 0.25) is 0 Å². The Morgan fingerprint density at radius 2 is 1.85 bits per heavy atom. The molecule has 1 aliphatic heterocycles. The van der Waals surface area contributed by atoms with Gasteiger partial charge >= 0.3 is 5.97 Å². The molecule has 0 bridgehead atoms. The van der Waals surface area contributed by atoms with Crippen molar-refractivity contribution < 1.29 is 18.3 Å². The molecule has 0 unspecified atom stereocenters. The van der Waals surface area contributed by atoms with Crippen molar-refractivity contribution in [2.24, 2.45) is 0 Å². The number of aliphatic carboxylic acids is 1. The van der Waals surface area contributed by atoms with Crippen LogP contribution in [0.15, 0.2) is 0 Å². The van der Waals surface area contributed by atoms with Crippen molar-refractivity contribution in [3.63, 3.8) is 0 Å². The van der Waals surface area contributed by atoms with Crippen LogP contribution in [0.1, 0.15) is 19.3 Å². The average Bonchev–Trinajstić information content (AvgIpc) is 2.57. The second-order valence-electron chi connectivity index (χ2n) is 3.56. The summed E-state index contributed by atoms with van der Waals surface area (Å²) in [4.78, 5) is 10.8. The lowest BCUT2D eigenvalue weighted by atomic mass is 10.3. The van der Waals surface area contributed by atoms with E-state index in [-0.39, 0.29) is 12.8 Å². The average molecular weight is 205 g/mol. The van der Waals surface area contributed by atoms with E-state index >= 15 is 0 Å². The largest absolute Gasteiger partial charge is 0.480 e. The van der Waals surface area contributed by atoms with Gasteiger partial charge in [-0.2, -0.15) is 0 Å². The maximum Gasteiger partial charge on any atom is 0.326 e. The van der Waals surface area contributed by atoms with Gasteiger partial charge in [0.2, 0.25) is 10.0 Å². The minimum Gasteiger partial charge on any atom is -0.480 e. The van der Waals surface area contributed by atoms with Crippen molar-refractivity contribution in [2.45, 2.75) is 24.0 Å². The van der Waals surface area contributed by atoms with E-state index in [1.54, 1.807) is 0 Å². The smallest absolute Gasteiger partial charge is 0.326 e. The van der Waals surface area contributed by atoms with Crippen LogP contribution in [-0.4, -0.2) is 41.6 Å². The van der Waals surface area contributed by atoms with E-state index in [4.69, 9.17) is 5.11 Å². The number of carbonyl (C=O) groups is 1. The van der Waals surface area contributed by atoms with Gasteiger partial charge in [-0.3, -0.25) is 4.79 Å². The summed E-state index contributed by atoms with van der Waals surface area (Å²) in [7, 11) is -3.56. The first-order valence-corrected chi connectivity index (χ1v) is 5.68. The summed E-state index contributed by atoms with van der Waals surface area (Å²) in [5, 5.41) is 8.80. The van der Waals surface area contributed by atoms with E-state index in [0.717, 1.165) is 6.42 Å². The highest BCUT2D eigenvalue weighted by molar-refractivity contribution is 7.91. The van der Waals surface area contributed by atoms with Crippen molar-refractivity contribution in [2.75, 3.05) is 13.1 Å². The SMILES string of the molecule is O=C(O)C1(S(=O)(=O)N2CCC2)CC1. The van der Waals surface area contributed by atoms with Gasteiger partial charge in [0.15, 0.2) is 4.75 Å². The van der Waals surface area contributed by atoms with Crippen LogP contribution in [0.4, 0.5) is 0 Å². The molecule has 1 saturated heterocycles. The Morgan fingerprint density at radius 1 is 1.31 bits per heavy atom. The summed E-state index contributed by atoms with van der Waals surface area (Å²) < 4.78 is 23.2. The molecule has 6 heteroatoms. The van der Waals surface area contributed by atoms with Crippen LogP contribution in [-0.2, 0) is 14.8 Å². The molecule has 5 nitrogen and oxygen atoms in total. The fourth-order valence-electron chi connectivity index (χ4n) is 1.47. The molecular formula is C7H11NO4S. The Kier molecular flexibility index (Phi) is 1.69. The second-order valence-corrected chi connectivity index (χ2v) is 5.81. The number of sulfonamides is 1. The topological polar surface area (TPSA) is 74.7 Å². The number of hydrogen-bond acceptors (Lipinski definition) is 3. The molecule has 0 aromatic rings. The van der Waals surface area contributed by atoms with E-state index in [1.807, 2.05) is 0 Å². The lowest BCUT2D eigenvalue weighted by Crippen LogP contribution is -2.50. The van der Waals surface area contributed by atoms with Crippen LogP contribution in [0.5, 0.6) is 0 Å². The summed E-state index contributed by atoms with van der Waals surface area (Å²) in [5.41, 5.74) is 0. The molecule has 74 valence electrons. The fourth-order valence-corrected chi connectivity index (χ4v) is 3.54. The molecule has 0 amide bonds. The highest BCUT2D eigenvalue weighted by atomic mass is 32.2. The van der Waals surface area contributed by atoms with E-state index in [0.29, 0.717) is 13.1 Å². The zero-order valence-electron chi connectivity index (χ0n) is 7.06. The van der Waals surface area contributed by atoms with Gasteiger partial charge in [0.05, 0.1) is 0 Å². The molecule has 1 saturated carbocycles. The van der Waals surface area contributed by atoms with E-state index in [9.17, 15) is 13.2 Å². The molecule has 2 fully saturated rings. The normalized spacial score (nSPS) is 26.5. The predicted molar refractivity (Wildman–Crippen MR) is 44.7 cm³/mol. The van der Waals surface area contributed by atoms with Crippen molar-refractivity contribution in [3.05, 3.63) is 0 Å². The van der Waals surface area contributed by atoms with Crippen LogP contribution >= 0.6 is 0 Å². The van der Waals surface area contributed by atoms with Gasteiger partial charge in [-0.25, -0.2) is 12.7 Å². The Labute approximate surface area is 76.4 Å². The lowest BCUT2D eigenvalue weighted by Gasteiger charge is -2.32. The van der Waals surface area contributed by atoms with Gasteiger partial charge < -0.3 is 5.11 Å². The van der Waals surface area contributed by atoms with Crippen molar-refractivity contribution in [1.29, 1.82) is 0 Å². The molecule has 0 aromatic heterocycles. The summed E-state index contributed by atoms with van der Waals surface area (Å²) in [6.45, 7) is 0.967. The van der Waals surface area contributed by atoms with E-state index in [2.05, 4.69) is 0 Å². The molecule has 0 radical (unpaired) electrons. The van der Waals surface area contributed by atoms with Crippen molar-refractivity contribution in [1.82, 2.24) is 4.31 Å². The molecule has 0 aromatic carbocycles. The molecule has 2 rings (SSSR count). The minimum atomic E-state index is -3.56. The lowest BCUT2D eigenvalue weighted by molar-refractivity contribution is -0.137. The second kappa shape index (κ2) is 2.45. The van der Waals surface area contributed by atoms with Gasteiger partial charge in [-0.1, -0.05) is 0 Å². The number of hydrogen-bond donors (Lipinski definition) is 1. The summed E-state index contributed by atoms with van der Waals surface area (Å²) in [5.74, 6) is -1.19. The minimum absolute atomic E-state index is 0.265. The van der Waals surface area contributed by atoms with Crippen molar-refractivity contribution >= 4 is 16.0 Å². The van der Waals surface area contributed by atoms with E-state index in [1.165, 1.54) is 4.31 Å². The molecular weight excluding hydrogens is 194 g/mol. The molecule has 1 N–H and O–H groups in total. The predicted octanol–water partition coefficient (Wildman–Crippen LogP) is -0.361. The highest BCUT2D eigenvalue weighted by Crippen LogP contribution is 2.46. The number of carboxylic acids is 1. The molecule has 1 aliphatic carbocycles. The van der Waals surface area contributed by atoms with Gasteiger partial charge in [0.1, 0.15) is 0 Å². The number of carboxylic acid groups (broad SMARTS) is 1. The third kappa shape index (κ3) is 1.02. The van der Waals surface area contributed by atoms with Gasteiger partial charge in [0, 0.05) is 13.1 Å². The quantitative estimate of drug-likeness (QED) is 0.682. The maximum atomic E-state index is 11.7. The summed E-state index contributed by atoms with van der Waals surface area (Å²) >= 11 is 0. The van der Waals surface area contributed by atoms with Crippen molar-refractivity contribution in [3.8, 4) is 0 Å². The molecule has 0 spiro atoms. The zero-order chi connectivity index (χ0) is 9.69.